The first-order valence-corrected chi connectivity index (χ1v) is 8.12. The standard InChI is InChI=1S/C22H16N2/c1-2-4-20(16-6-8-22-18(14-16)10-12-24-22)19(3-1)15-5-7-21-17(13-15)9-11-23-21/h1-14,23-24H. The second-order valence-electron chi connectivity index (χ2n) is 6.10. The Morgan fingerprint density at radius 3 is 1.50 bits per heavy atom. The minimum atomic E-state index is 1.17. The molecule has 0 aliphatic heterocycles. The van der Waals surface area contributed by atoms with Gasteiger partial charge in [-0.15, -0.1) is 0 Å². The SMILES string of the molecule is c1ccc(-c2ccc3[nH]ccc3c2)c(-c2ccc3[nH]ccc3c2)c1. The normalized spacial score (nSPS) is 11.3. The Kier molecular flexibility index (Phi) is 2.83. The Morgan fingerprint density at radius 1 is 0.500 bits per heavy atom. The van der Waals surface area contributed by atoms with Crippen molar-refractivity contribution in [2.75, 3.05) is 0 Å². The molecule has 0 fully saturated rings. The van der Waals surface area contributed by atoms with Gasteiger partial charge in [-0.2, -0.15) is 0 Å². The van der Waals surface area contributed by atoms with Gasteiger partial charge in [0.25, 0.3) is 0 Å². The van der Waals surface area contributed by atoms with Crippen LogP contribution in [-0.4, -0.2) is 9.97 Å². The van der Waals surface area contributed by atoms with Gasteiger partial charge in [0.05, 0.1) is 0 Å². The summed E-state index contributed by atoms with van der Waals surface area (Å²) in [5, 5.41) is 2.48. The molecular weight excluding hydrogens is 292 g/mol. The molecule has 0 aliphatic rings. The molecule has 0 atom stereocenters. The van der Waals surface area contributed by atoms with E-state index < -0.39 is 0 Å². The first-order chi connectivity index (χ1) is 11.9. The van der Waals surface area contributed by atoms with E-state index in [0.717, 1.165) is 0 Å². The minimum absolute atomic E-state index is 1.17. The zero-order valence-electron chi connectivity index (χ0n) is 13.1. The average molecular weight is 308 g/mol. The summed E-state index contributed by atoms with van der Waals surface area (Å²) in [5.74, 6) is 0. The monoisotopic (exact) mass is 308 g/mol. The summed E-state index contributed by atoms with van der Waals surface area (Å²) in [4.78, 5) is 6.52. The third kappa shape index (κ3) is 2.04. The van der Waals surface area contributed by atoms with Gasteiger partial charge in [-0.25, -0.2) is 0 Å². The summed E-state index contributed by atoms with van der Waals surface area (Å²) in [7, 11) is 0. The van der Waals surface area contributed by atoms with Crippen LogP contribution in [0.2, 0.25) is 0 Å². The summed E-state index contributed by atoms with van der Waals surface area (Å²) in [5.41, 5.74) is 7.35. The maximum atomic E-state index is 3.26. The maximum absolute atomic E-state index is 3.26. The van der Waals surface area contributed by atoms with Crippen molar-refractivity contribution in [1.82, 2.24) is 9.97 Å². The summed E-state index contributed by atoms with van der Waals surface area (Å²) in [6, 6.07) is 26.0. The lowest BCUT2D eigenvalue weighted by Gasteiger charge is -2.11. The van der Waals surface area contributed by atoms with Crippen molar-refractivity contribution in [2.24, 2.45) is 0 Å². The number of nitrogens with one attached hydrogen (secondary N) is 2. The number of benzene rings is 3. The fourth-order valence-corrected chi connectivity index (χ4v) is 3.43. The van der Waals surface area contributed by atoms with E-state index in [0.29, 0.717) is 0 Å². The molecule has 2 aromatic heterocycles. The Morgan fingerprint density at radius 2 is 1.00 bits per heavy atom. The molecule has 0 radical (unpaired) electrons. The van der Waals surface area contributed by atoms with Crippen molar-refractivity contribution in [3.8, 4) is 22.3 Å². The van der Waals surface area contributed by atoms with E-state index >= 15 is 0 Å². The molecule has 0 amide bonds. The van der Waals surface area contributed by atoms with Crippen LogP contribution in [-0.2, 0) is 0 Å². The van der Waals surface area contributed by atoms with E-state index in [4.69, 9.17) is 0 Å². The van der Waals surface area contributed by atoms with Crippen LogP contribution >= 0.6 is 0 Å². The molecule has 0 saturated heterocycles. The fourth-order valence-electron chi connectivity index (χ4n) is 3.43. The number of hydrogen-bond donors (Lipinski definition) is 2. The highest BCUT2D eigenvalue weighted by molar-refractivity contribution is 5.92. The first-order valence-electron chi connectivity index (χ1n) is 8.12. The van der Waals surface area contributed by atoms with Crippen molar-refractivity contribution in [1.29, 1.82) is 0 Å². The molecule has 0 aliphatic carbocycles. The van der Waals surface area contributed by atoms with E-state index in [1.165, 1.54) is 44.1 Å². The van der Waals surface area contributed by atoms with Gasteiger partial charge < -0.3 is 9.97 Å². The Bertz CT molecular complexity index is 1070. The highest BCUT2D eigenvalue weighted by Crippen LogP contribution is 2.34. The van der Waals surface area contributed by atoms with Crippen LogP contribution < -0.4 is 0 Å². The third-order valence-electron chi connectivity index (χ3n) is 4.66. The lowest BCUT2D eigenvalue weighted by molar-refractivity contribution is 1.47. The van der Waals surface area contributed by atoms with E-state index in [-0.39, 0.29) is 0 Å². The van der Waals surface area contributed by atoms with Gasteiger partial charge in [-0.1, -0.05) is 36.4 Å². The summed E-state index contributed by atoms with van der Waals surface area (Å²) < 4.78 is 0. The number of rotatable bonds is 2. The summed E-state index contributed by atoms with van der Waals surface area (Å²) in [6.07, 6.45) is 3.97. The molecule has 5 aromatic rings. The zero-order valence-corrected chi connectivity index (χ0v) is 13.1. The predicted octanol–water partition coefficient (Wildman–Crippen LogP) is 5.98. The minimum Gasteiger partial charge on any atom is -0.361 e. The molecule has 3 aromatic carbocycles. The van der Waals surface area contributed by atoms with Gasteiger partial charge in [-0.3, -0.25) is 0 Å². The molecule has 2 heterocycles. The lowest BCUT2D eigenvalue weighted by atomic mass is 9.93. The average Bonchev–Trinajstić information content (AvgIpc) is 3.29. The van der Waals surface area contributed by atoms with Crippen LogP contribution in [0.4, 0.5) is 0 Å². The smallest absolute Gasteiger partial charge is 0.0454 e. The molecular formula is C22H16N2. The van der Waals surface area contributed by atoms with Crippen LogP contribution in [0, 0.1) is 0 Å². The number of aromatic nitrogens is 2. The van der Waals surface area contributed by atoms with Crippen LogP contribution in [0.25, 0.3) is 44.1 Å². The molecule has 5 rings (SSSR count). The van der Waals surface area contributed by atoms with Crippen molar-refractivity contribution >= 4 is 21.8 Å². The fraction of sp³-hybridized carbons (Fsp3) is 0. The van der Waals surface area contributed by atoms with Crippen molar-refractivity contribution in [3.63, 3.8) is 0 Å². The topological polar surface area (TPSA) is 31.6 Å². The first kappa shape index (κ1) is 13.2. The number of hydrogen-bond acceptors (Lipinski definition) is 0. The Labute approximate surface area is 139 Å². The number of H-pyrrole nitrogens is 2. The van der Waals surface area contributed by atoms with Crippen molar-refractivity contribution < 1.29 is 0 Å². The maximum Gasteiger partial charge on any atom is 0.0454 e. The van der Waals surface area contributed by atoms with Crippen molar-refractivity contribution in [2.45, 2.75) is 0 Å². The molecule has 114 valence electrons. The highest BCUT2D eigenvalue weighted by Gasteiger charge is 2.08. The Balaban J connectivity index is 1.72. The van der Waals surface area contributed by atoms with Crippen LogP contribution in [0.3, 0.4) is 0 Å². The summed E-state index contributed by atoms with van der Waals surface area (Å²) in [6.45, 7) is 0. The number of aromatic amines is 2. The number of fused-ring (bicyclic) bond motifs is 2. The predicted molar refractivity (Wildman–Crippen MR) is 101 cm³/mol. The van der Waals surface area contributed by atoms with E-state index in [2.05, 4.69) is 82.8 Å². The second-order valence-corrected chi connectivity index (χ2v) is 6.10. The van der Waals surface area contributed by atoms with E-state index in [1.807, 2.05) is 12.4 Å². The van der Waals surface area contributed by atoms with Crippen LogP contribution in [0.15, 0.2) is 85.2 Å². The molecule has 2 N–H and O–H groups in total. The lowest BCUT2D eigenvalue weighted by Crippen LogP contribution is -1.85. The van der Waals surface area contributed by atoms with Gasteiger partial charge in [0, 0.05) is 23.4 Å². The largest absolute Gasteiger partial charge is 0.361 e. The van der Waals surface area contributed by atoms with Crippen LogP contribution in [0.5, 0.6) is 0 Å². The highest BCUT2D eigenvalue weighted by atomic mass is 14.7. The quantitative estimate of drug-likeness (QED) is 0.402. The van der Waals surface area contributed by atoms with Crippen molar-refractivity contribution in [3.05, 3.63) is 85.2 Å². The Hall–Kier alpha value is -3.26. The molecule has 2 heteroatoms. The van der Waals surface area contributed by atoms with Crippen LogP contribution in [0.1, 0.15) is 0 Å². The molecule has 0 saturated carbocycles. The van der Waals surface area contributed by atoms with E-state index in [1.54, 1.807) is 0 Å². The molecule has 0 unspecified atom stereocenters. The van der Waals surface area contributed by atoms with Gasteiger partial charge in [-0.05, 0) is 69.4 Å². The van der Waals surface area contributed by atoms with E-state index in [9.17, 15) is 0 Å². The van der Waals surface area contributed by atoms with Gasteiger partial charge in [0.1, 0.15) is 0 Å². The second kappa shape index (κ2) is 5.14. The van der Waals surface area contributed by atoms with Gasteiger partial charge >= 0.3 is 0 Å². The zero-order chi connectivity index (χ0) is 15.9. The molecule has 0 spiro atoms. The van der Waals surface area contributed by atoms with Gasteiger partial charge in [0.15, 0.2) is 0 Å². The van der Waals surface area contributed by atoms with Gasteiger partial charge in [0.2, 0.25) is 0 Å². The molecule has 2 nitrogen and oxygen atoms in total. The third-order valence-corrected chi connectivity index (χ3v) is 4.66. The molecule has 24 heavy (non-hydrogen) atoms. The molecule has 0 bridgehead atoms. The summed E-state index contributed by atoms with van der Waals surface area (Å²) >= 11 is 0.